The molecule has 0 saturated carbocycles. The van der Waals surface area contributed by atoms with Crippen molar-refractivity contribution in [2.75, 3.05) is 45.6 Å². The molecule has 0 bridgehead atoms. The van der Waals surface area contributed by atoms with E-state index in [-0.39, 0.29) is 19.0 Å². The summed E-state index contributed by atoms with van der Waals surface area (Å²) >= 11 is 0. The molecular weight excluding hydrogens is 377 g/mol. The number of hydrogen-bond acceptors (Lipinski definition) is 9. The van der Waals surface area contributed by atoms with Crippen molar-refractivity contribution in [2.45, 2.75) is 26.0 Å². The Kier molecular flexibility index (Phi) is 8.55. The third-order valence-electron chi connectivity index (χ3n) is 3.60. The summed E-state index contributed by atoms with van der Waals surface area (Å²) in [6, 6.07) is 0. The van der Waals surface area contributed by atoms with Gasteiger partial charge in [-0.05, 0) is 13.3 Å². The molecule has 0 amide bonds. The molecule has 0 aromatic carbocycles. The lowest BCUT2D eigenvalue weighted by Gasteiger charge is -2.20. The Hall–Kier alpha value is -1.62. The SMILES string of the molecule is CCOC[C@@H](Cn1cnc2c(N)ncnc21)OCP(=O)(O)OCCCOC. The highest BCUT2D eigenvalue weighted by Gasteiger charge is 2.23. The van der Waals surface area contributed by atoms with Crippen molar-refractivity contribution in [3.63, 3.8) is 0 Å². The number of hydrogen-bond donors (Lipinski definition) is 2. The van der Waals surface area contributed by atoms with Crippen molar-refractivity contribution in [2.24, 2.45) is 0 Å². The van der Waals surface area contributed by atoms with E-state index >= 15 is 0 Å². The van der Waals surface area contributed by atoms with E-state index in [1.54, 1.807) is 18.0 Å². The third-order valence-corrected chi connectivity index (χ3v) is 4.66. The molecule has 0 aliphatic carbocycles. The van der Waals surface area contributed by atoms with E-state index in [0.29, 0.717) is 37.3 Å². The van der Waals surface area contributed by atoms with Crippen LogP contribution in [0.15, 0.2) is 12.7 Å². The molecule has 0 fully saturated rings. The predicted octanol–water partition coefficient (Wildman–Crippen LogP) is 1.03. The maximum absolute atomic E-state index is 12.1. The van der Waals surface area contributed by atoms with Gasteiger partial charge in [-0.25, -0.2) is 15.0 Å². The minimum atomic E-state index is -3.87. The van der Waals surface area contributed by atoms with Crippen LogP contribution >= 0.6 is 7.60 Å². The Morgan fingerprint density at radius 2 is 2.15 bits per heavy atom. The van der Waals surface area contributed by atoms with Crippen LogP contribution in [-0.4, -0.2) is 70.4 Å². The van der Waals surface area contributed by atoms with Gasteiger partial charge in [0.25, 0.3) is 0 Å². The average Bonchev–Trinajstić information content (AvgIpc) is 3.05. The zero-order valence-corrected chi connectivity index (χ0v) is 16.4. The monoisotopic (exact) mass is 403 g/mol. The van der Waals surface area contributed by atoms with Crippen molar-refractivity contribution >= 4 is 24.6 Å². The molecule has 2 atom stereocenters. The number of nitrogen functional groups attached to an aromatic ring is 1. The maximum atomic E-state index is 12.1. The van der Waals surface area contributed by atoms with Gasteiger partial charge in [0.2, 0.25) is 0 Å². The lowest BCUT2D eigenvalue weighted by molar-refractivity contribution is -0.00976. The number of fused-ring (bicyclic) bond motifs is 1. The van der Waals surface area contributed by atoms with Crippen molar-refractivity contribution < 1.29 is 28.2 Å². The number of aromatic nitrogens is 4. The molecule has 2 aromatic rings. The molecule has 0 aliphatic rings. The Morgan fingerprint density at radius 3 is 2.89 bits per heavy atom. The normalized spacial score (nSPS) is 15.1. The highest BCUT2D eigenvalue weighted by Crippen LogP contribution is 2.42. The van der Waals surface area contributed by atoms with Crippen molar-refractivity contribution in [3.8, 4) is 0 Å². The minimum absolute atomic E-state index is 0.115. The molecule has 0 spiro atoms. The molecule has 27 heavy (non-hydrogen) atoms. The van der Waals surface area contributed by atoms with Gasteiger partial charge in [0.05, 0.1) is 32.2 Å². The second kappa shape index (κ2) is 10.6. The van der Waals surface area contributed by atoms with Crippen LogP contribution in [0.4, 0.5) is 5.82 Å². The molecule has 0 radical (unpaired) electrons. The molecular formula is C15H26N5O6P. The first kappa shape index (κ1) is 21.7. The Bertz CT molecular complexity index is 757. The molecule has 11 nitrogen and oxygen atoms in total. The van der Waals surface area contributed by atoms with E-state index in [4.69, 9.17) is 24.5 Å². The summed E-state index contributed by atoms with van der Waals surface area (Å²) in [5.74, 6) is 0.283. The Balaban J connectivity index is 1.98. The first-order valence-corrected chi connectivity index (χ1v) is 10.3. The van der Waals surface area contributed by atoms with Crippen LogP contribution < -0.4 is 5.73 Å². The average molecular weight is 403 g/mol. The highest BCUT2D eigenvalue weighted by atomic mass is 31.2. The zero-order valence-electron chi connectivity index (χ0n) is 15.5. The molecule has 1 unspecified atom stereocenters. The molecule has 2 heterocycles. The van der Waals surface area contributed by atoms with Gasteiger partial charge < -0.3 is 33.9 Å². The summed E-state index contributed by atoms with van der Waals surface area (Å²) in [6.07, 6.45) is 2.50. The fraction of sp³-hybridized carbons (Fsp3) is 0.667. The number of nitrogens with two attached hydrogens (primary N) is 1. The summed E-state index contributed by atoms with van der Waals surface area (Å²) < 4.78 is 34.7. The Labute approximate surface area is 157 Å². The van der Waals surface area contributed by atoms with Gasteiger partial charge in [0.15, 0.2) is 11.5 Å². The fourth-order valence-corrected chi connectivity index (χ4v) is 3.19. The molecule has 12 heteroatoms. The number of ether oxygens (including phenoxy) is 3. The summed E-state index contributed by atoms with van der Waals surface area (Å²) in [6.45, 7) is 3.46. The van der Waals surface area contributed by atoms with Gasteiger partial charge in [-0.1, -0.05) is 0 Å². The zero-order chi connectivity index (χ0) is 19.7. The smallest absolute Gasteiger partial charge is 0.353 e. The van der Waals surface area contributed by atoms with Gasteiger partial charge in [-0.2, -0.15) is 0 Å². The summed E-state index contributed by atoms with van der Waals surface area (Å²) in [4.78, 5) is 22.2. The standard InChI is InChI=1S/C15H26N5O6P/c1-3-24-8-12(25-11-27(21,22)26-6-4-5-23-2)7-20-10-19-13-14(16)17-9-18-15(13)20/h9-10,12H,3-8,11H2,1-2H3,(H,21,22)(H2,16,17,18)/t12-/m1/s1. The predicted molar refractivity (Wildman–Crippen MR) is 98.2 cm³/mol. The third kappa shape index (κ3) is 6.80. The van der Waals surface area contributed by atoms with E-state index in [1.165, 1.54) is 6.33 Å². The minimum Gasteiger partial charge on any atom is -0.385 e. The number of rotatable bonds is 13. The van der Waals surface area contributed by atoms with Crippen LogP contribution in [0.25, 0.3) is 11.2 Å². The van der Waals surface area contributed by atoms with E-state index in [1.807, 2.05) is 6.92 Å². The van der Waals surface area contributed by atoms with Gasteiger partial charge in [0.1, 0.15) is 18.2 Å². The van der Waals surface area contributed by atoms with E-state index in [9.17, 15) is 9.46 Å². The van der Waals surface area contributed by atoms with Crippen LogP contribution in [0.1, 0.15) is 13.3 Å². The van der Waals surface area contributed by atoms with Crippen molar-refractivity contribution in [1.82, 2.24) is 19.5 Å². The number of imidazole rings is 1. The number of anilines is 1. The lowest BCUT2D eigenvalue weighted by Crippen LogP contribution is -2.26. The molecule has 0 aliphatic heterocycles. The number of methoxy groups -OCH3 is 1. The van der Waals surface area contributed by atoms with Crippen molar-refractivity contribution in [1.29, 1.82) is 0 Å². The number of nitrogens with zero attached hydrogens (tertiary/aromatic N) is 4. The summed E-state index contributed by atoms with van der Waals surface area (Å²) in [7, 11) is -2.31. The van der Waals surface area contributed by atoms with Gasteiger partial charge in [0, 0.05) is 20.3 Å². The van der Waals surface area contributed by atoms with Gasteiger partial charge in [-0.3, -0.25) is 4.57 Å². The largest absolute Gasteiger partial charge is 0.385 e. The maximum Gasteiger partial charge on any atom is 0.353 e. The summed E-state index contributed by atoms with van der Waals surface area (Å²) in [5.41, 5.74) is 6.83. The van der Waals surface area contributed by atoms with E-state index in [2.05, 4.69) is 15.0 Å². The molecule has 2 aromatic heterocycles. The van der Waals surface area contributed by atoms with Gasteiger partial charge >= 0.3 is 7.60 Å². The van der Waals surface area contributed by atoms with E-state index < -0.39 is 20.0 Å². The van der Waals surface area contributed by atoms with Crippen LogP contribution in [-0.2, 0) is 29.8 Å². The van der Waals surface area contributed by atoms with Crippen LogP contribution in [0.5, 0.6) is 0 Å². The highest BCUT2D eigenvalue weighted by molar-refractivity contribution is 7.52. The Morgan fingerprint density at radius 1 is 1.33 bits per heavy atom. The van der Waals surface area contributed by atoms with Crippen LogP contribution in [0, 0.1) is 0 Å². The van der Waals surface area contributed by atoms with Crippen LogP contribution in [0.2, 0.25) is 0 Å². The first-order chi connectivity index (χ1) is 13.0. The van der Waals surface area contributed by atoms with Crippen LogP contribution in [0.3, 0.4) is 0 Å². The topological polar surface area (TPSA) is 144 Å². The van der Waals surface area contributed by atoms with E-state index in [0.717, 1.165) is 0 Å². The van der Waals surface area contributed by atoms with Crippen molar-refractivity contribution in [3.05, 3.63) is 12.7 Å². The second-order valence-corrected chi connectivity index (χ2v) is 7.51. The molecule has 0 saturated heterocycles. The molecule has 2 rings (SSSR count). The lowest BCUT2D eigenvalue weighted by atomic mass is 10.3. The summed E-state index contributed by atoms with van der Waals surface area (Å²) in [5, 5.41) is 0. The molecule has 152 valence electrons. The second-order valence-electron chi connectivity index (χ2n) is 5.72. The fourth-order valence-electron chi connectivity index (χ4n) is 2.30. The first-order valence-electron chi connectivity index (χ1n) is 8.52. The van der Waals surface area contributed by atoms with Gasteiger partial charge in [-0.15, -0.1) is 0 Å². The molecule has 3 N–H and O–H groups in total. The quantitative estimate of drug-likeness (QED) is 0.367.